The van der Waals surface area contributed by atoms with Crippen molar-refractivity contribution < 1.29 is 46.1 Å². The minimum atomic E-state index is -2.78. The summed E-state index contributed by atoms with van der Waals surface area (Å²) in [6, 6.07) is 53.1. The average molecular weight is 907 g/mol. The third kappa shape index (κ3) is 8.89. The van der Waals surface area contributed by atoms with Gasteiger partial charge in [0.05, 0.1) is 0 Å². The molecular weight excluding hydrogens is 847 g/mol. The van der Waals surface area contributed by atoms with Crippen molar-refractivity contribution in [2.75, 3.05) is 0 Å². The summed E-state index contributed by atoms with van der Waals surface area (Å²) < 4.78 is 3.96. The second-order valence-corrected chi connectivity index (χ2v) is 24.7. The summed E-state index contributed by atoms with van der Waals surface area (Å²) in [6.07, 6.45) is 14.0. The molecule has 1 atom stereocenters. The van der Waals surface area contributed by atoms with Gasteiger partial charge in [0.25, 0.3) is 0 Å². The molecule has 306 valence electrons. The van der Waals surface area contributed by atoms with Gasteiger partial charge in [-0.25, -0.2) is 0 Å². The van der Waals surface area contributed by atoms with Gasteiger partial charge >= 0.3 is 359 Å². The van der Waals surface area contributed by atoms with Crippen molar-refractivity contribution in [2.45, 2.75) is 101 Å². The van der Waals surface area contributed by atoms with Crippen LogP contribution in [-0.2, 0) is 51.4 Å². The molecule has 0 N–H and O–H groups in total. The molecule has 0 bridgehead atoms. The number of rotatable bonds is 13. The molecule has 0 aromatic heterocycles. The predicted octanol–water partition coefficient (Wildman–Crippen LogP) is 8.50. The van der Waals surface area contributed by atoms with Crippen molar-refractivity contribution in [1.82, 2.24) is 0 Å². The fourth-order valence-corrected chi connectivity index (χ4v) is 19.6. The quantitative estimate of drug-likeness (QED) is 0.109. The van der Waals surface area contributed by atoms with E-state index < -0.39 is 21.3 Å². The second-order valence-electron chi connectivity index (χ2n) is 17.9. The van der Waals surface area contributed by atoms with Gasteiger partial charge in [0.2, 0.25) is 0 Å². The number of unbranched alkanes of at least 4 members (excludes halogenated alkanes) is 1. The van der Waals surface area contributed by atoms with Gasteiger partial charge < -0.3 is 24.8 Å². The van der Waals surface area contributed by atoms with E-state index in [0.717, 1.165) is 25.7 Å². The van der Waals surface area contributed by atoms with E-state index in [0.29, 0.717) is 3.63 Å². The second kappa shape index (κ2) is 19.5. The SMILES string of the molecule is CCCCc1c(C)c(C(C)(C)c2ccccc2)cc2c1[CH]([Zr+2]([C]1=CC=CC1)=[C](Cc1ccccc1)Cc1ccccc1)c1cc(C)c(C(C)(C)c3ccccc3)cc1-2.[Cl-].[Cl-]. The number of hydrogen-bond donors (Lipinski definition) is 0. The smallest absolute Gasteiger partial charge is 1.00 e. The van der Waals surface area contributed by atoms with E-state index in [-0.39, 0.29) is 35.6 Å². The molecule has 0 saturated heterocycles. The van der Waals surface area contributed by atoms with Crippen LogP contribution in [0.3, 0.4) is 0 Å². The Morgan fingerprint density at radius 3 is 1.63 bits per heavy atom. The summed E-state index contributed by atoms with van der Waals surface area (Å²) in [7, 11) is 0. The van der Waals surface area contributed by atoms with E-state index in [1.165, 1.54) is 68.5 Å². The first-order valence-corrected chi connectivity index (χ1v) is 25.6. The zero-order valence-electron chi connectivity index (χ0n) is 36.6. The molecule has 8 rings (SSSR count). The van der Waals surface area contributed by atoms with Crippen LogP contribution in [0, 0.1) is 13.8 Å². The van der Waals surface area contributed by atoms with E-state index in [1.54, 1.807) is 23.2 Å². The van der Waals surface area contributed by atoms with Crippen LogP contribution in [0.2, 0.25) is 0 Å². The molecule has 6 aromatic rings. The van der Waals surface area contributed by atoms with Crippen LogP contribution in [0.15, 0.2) is 161 Å². The maximum absolute atomic E-state index is 2.78. The van der Waals surface area contributed by atoms with E-state index >= 15 is 0 Å². The number of fused-ring (bicyclic) bond motifs is 3. The topological polar surface area (TPSA) is 0 Å². The molecule has 2 aliphatic carbocycles. The molecule has 0 fully saturated rings. The molecule has 1 unspecified atom stereocenters. The van der Waals surface area contributed by atoms with Gasteiger partial charge in [-0.3, -0.25) is 0 Å². The Labute approximate surface area is 381 Å². The van der Waals surface area contributed by atoms with E-state index in [9.17, 15) is 0 Å². The molecule has 0 aliphatic heterocycles. The van der Waals surface area contributed by atoms with Crippen LogP contribution in [0.4, 0.5) is 0 Å². The molecule has 0 amide bonds. The Kier molecular flexibility index (Phi) is 14.8. The van der Waals surface area contributed by atoms with Gasteiger partial charge in [0.1, 0.15) is 0 Å². The average Bonchev–Trinajstić information content (AvgIpc) is 3.88. The predicted molar refractivity (Wildman–Crippen MR) is 246 cm³/mol. The summed E-state index contributed by atoms with van der Waals surface area (Å²) >= 11 is -2.78. The Morgan fingerprint density at radius 1 is 0.633 bits per heavy atom. The third-order valence-corrected chi connectivity index (χ3v) is 21.7. The summed E-state index contributed by atoms with van der Waals surface area (Å²) in [5.74, 6) is 0. The van der Waals surface area contributed by atoms with Crippen LogP contribution in [0.25, 0.3) is 11.1 Å². The van der Waals surface area contributed by atoms with Crippen molar-refractivity contribution in [2.24, 2.45) is 0 Å². The molecular formula is C57H60Cl2Zr. The monoisotopic (exact) mass is 904 g/mol. The summed E-state index contributed by atoms with van der Waals surface area (Å²) in [5.41, 5.74) is 19.1. The fourth-order valence-electron chi connectivity index (χ4n) is 10.3. The molecule has 0 heterocycles. The van der Waals surface area contributed by atoms with Crippen LogP contribution in [0.1, 0.15) is 119 Å². The molecule has 0 radical (unpaired) electrons. The van der Waals surface area contributed by atoms with Gasteiger partial charge in [0, 0.05) is 0 Å². The Morgan fingerprint density at radius 2 is 1.13 bits per heavy atom. The fraction of sp³-hybridized carbons (Fsp3) is 0.281. The summed E-state index contributed by atoms with van der Waals surface area (Å²) in [4.78, 5) is 0. The van der Waals surface area contributed by atoms with Crippen molar-refractivity contribution in [1.29, 1.82) is 0 Å². The van der Waals surface area contributed by atoms with Gasteiger partial charge in [-0.15, -0.1) is 0 Å². The van der Waals surface area contributed by atoms with Crippen molar-refractivity contribution in [3.05, 3.63) is 222 Å². The van der Waals surface area contributed by atoms with Gasteiger partial charge in [-0.1, -0.05) is 0 Å². The van der Waals surface area contributed by atoms with Crippen molar-refractivity contribution in [3.63, 3.8) is 0 Å². The van der Waals surface area contributed by atoms with Crippen LogP contribution >= 0.6 is 0 Å². The third-order valence-electron chi connectivity index (χ3n) is 13.5. The number of halogens is 2. The minimum absolute atomic E-state index is 0. The molecule has 6 aromatic carbocycles. The van der Waals surface area contributed by atoms with Crippen LogP contribution in [0.5, 0.6) is 0 Å². The normalized spacial score (nSPS) is 14.0. The Balaban J connectivity index is 0.00000302. The van der Waals surface area contributed by atoms with Gasteiger partial charge in [0.15, 0.2) is 0 Å². The van der Waals surface area contributed by atoms with Gasteiger partial charge in [-0.05, 0) is 0 Å². The van der Waals surface area contributed by atoms with E-state index in [1.807, 2.05) is 0 Å². The number of hydrogen-bond acceptors (Lipinski definition) is 0. The first kappa shape index (κ1) is 45.7. The first-order chi connectivity index (χ1) is 28.1. The largest absolute Gasteiger partial charge is 1.00 e. The summed E-state index contributed by atoms with van der Waals surface area (Å²) in [5, 5.41) is 0. The Bertz CT molecular complexity index is 2470. The maximum Gasteiger partial charge on any atom is -1.00 e. The standard InChI is InChI=1S/C37H41.C15H14.C5H5.2ClH.Zr/c1-8-9-20-30-26(3)35(37(6,7)29-18-14-11-15-19-29)24-33-31-23-34(25(2)21-27(31)22-32(30)33)36(4,5)28-16-12-10-13-17-28;1-3-8-14(9-4-1)12-7-13-15-10-5-2-6-11-15;1-2-4-5-3-1;;;/h10-19,21-24H,8-9,20H2,1-7H3;1-6,8-11H,12-13H2;1-3H,4H2;2*1H;/q;;;;;+2/p-2. The molecule has 3 heteroatoms. The van der Waals surface area contributed by atoms with Gasteiger partial charge in [-0.2, -0.15) is 0 Å². The van der Waals surface area contributed by atoms with Crippen molar-refractivity contribution in [3.8, 4) is 11.1 Å². The van der Waals surface area contributed by atoms with E-state index in [2.05, 4.69) is 206 Å². The van der Waals surface area contributed by atoms with Crippen molar-refractivity contribution >= 4 is 3.21 Å². The molecule has 60 heavy (non-hydrogen) atoms. The zero-order chi connectivity index (χ0) is 40.4. The number of aryl methyl sites for hydroxylation is 1. The van der Waals surface area contributed by atoms with Crippen LogP contribution < -0.4 is 24.8 Å². The summed E-state index contributed by atoms with van der Waals surface area (Å²) in [6.45, 7) is 17.0. The minimum Gasteiger partial charge on any atom is -1.00 e. The zero-order valence-corrected chi connectivity index (χ0v) is 40.6. The molecule has 0 spiro atoms. The molecule has 0 saturated carbocycles. The Hall–Kier alpha value is -3.87. The number of benzene rings is 6. The molecule has 0 nitrogen and oxygen atoms in total. The maximum atomic E-state index is 2.68. The van der Waals surface area contributed by atoms with Crippen LogP contribution in [-0.4, -0.2) is 3.21 Å². The first-order valence-electron chi connectivity index (χ1n) is 21.7. The molecule has 2 aliphatic rings. The number of allylic oxidation sites excluding steroid dienone is 4. The van der Waals surface area contributed by atoms with E-state index in [4.69, 9.17) is 0 Å².